The van der Waals surface area contributed by atoms with Crippen molar-refractivity contribution in [2.24, 2.45) is 5.73 Å². The third-order valence-electron chi connectivity index (χ3n) is 2.90. The molecule has 0 aliphatic heterocycles. The van der Waals surface area contributed by atoms with Gasteiger partial charge in [-0.1, -0.05) is 23.7 Å². The molecule has 106 valence electrons. The molecule has 0 saturated heterocycles. The van der Waals surface area contributed by atoms with Gasteiger partial charge in [-0.3, -0.25) is 4.79 Å². The normalized spacial score (nSPS) is 10.7. The maximum Gasteiger partial charge on any atom is 0.252 e. The molecule has 2 N–H and O–H groups in total. The number of carbonyl (C=O) groups is 1. The van der Waals surface area contributed by atoms with Crippen LogP contribution in [0.2, 0.25) is 5.02 Å². The Kier molecular flexibility index (Phi) is 3.50. The topological polar surface area (TPSA) is 78.4 Å². The van der Waals surface area contributed by atoms with Gasteiger partial charge in [-0.2, -0.15) is 0 Å². The van der Waals surface area contributed by atoms with Crippen molar-refractivity contribution < 1.29 is 13.9 Å². The molecule has 1 amide bonds. The molecule has 2 aromatic carbocycles. The van der Waals surface area contributed by atoms with Gasteiger partial charge in [-0.25, -0.2) is 4.98 Å². The lowest BCUT2D eigenvalue weighted by atomic mass is 10.2. The molecular formula is C15H11ClN2O3. The van der Waals surface area contributed by atoms with Crippen LogP contribution in [0, 0.1) is 0 Å². The number of para-hydroxylation sites is 2. The number of carbonyl (C=O) groups excluding carboxylic acids is 1. The second-order valence-corrected chi connectivity index (χ2v) is 4.81. The van der Waals surface area contributed by atoms with E-state index in [1.54, 1.807) is 6.07 Å². The number of ether oxygens (including phenoxy) is 1. The molecule has 21 heavy (non-hydrogen) atoms. The second kappa shape index (κ2) is 5.46. The molecule has 0 aliphatic carbocycles. The summed E-state index contributed by atoms with van der Waals surface area (Å²) in [4.78, 5) is 15.6. The van der Waals surface area contributed by atoms with Crippen LogP contribution in [0.25, 0.3) is 11.1 Å². The Morgan fingerprint density at radius 2 is 2.10 bits per heavy atom. The van der Waals surface area contributed by atoms with Gasteiger partial charge in [0.25, 0.3) is 5.91 Å². The van der Waals surface area contributed by atoms with Gasteiger partial charge in [0.05, 0.1) is 5.56 Å². The quantitative estimate of drug-likeness (QED) is 0.803. The highest BCUT2D eigenvalue weighted by atomic mass is 35.5. The summed E-state index contributed by atoms with van der Waals surface area (Å²) in [5.41, 5.74) is 6.98. The maximum atomic E-state index is 11.3. The van der Waals surface area contributed by atoms with Gasteiger partial charge in [0.15, 0.2) is 12.2 Å². The summed E-state index contributed by atoms with van der Waals surface area (Å²) in [5.74, 6) is 0.128. The minimum atomic E-state index is -0.584. The summed E-state index contributed by atoms with van der Waals surface area (Å²) < 4.78 is 11.1. The van der Waals surface area contributed by atoms with Crippen molar-refractivity contribution in [1.82, 2.24) is 4.98 Å². The Morgan fingerprint density at radius 1 is 1.29 bits per heavy atom. The first kappa shape index (κ1) is 13.5. The van der Waals surface area contributed by atoms with Crippen LogP contribution in [0.5, 0.6) is 5.75 Å². The average molecular weight is 303 g/mol. The van der Waals surface area contributed by atoms with Gasteiger partial charge in [0.2, 0.25) is 5.89 Å². The smallest absolute Gasteiger partial charge is 0.252 e. The summed E-state index contributed by atoms with van der Waals surface area (Å²) in [7, 11) is 0. The van der Waals surface area contributed by atoms with Gasteiger partial charge in [0.1, 0.15) is 11.3 Å². The zero-order valence-corrected chi connectivity index (χ0v) is 11.6. The molecule has 0 radical (unpaired) electrons. The predicted octanol–water partition coefficient (Wildman–Crippen LogP) is 3.16. The molecule has 1 aromatic heterocycles. The number of nitrogens with two attached hydrogens (primary N) is 1. The van der Waals surface area contributed by atoms with Crippen LogP contribution in [0.4, 0.5) is 0 Å². The standard InChI is InChI=1S/C15H11ClN2O3/c16-9-5-6-10(15(17)19)13(7-9)20-8-14-18-11-3-1-2-4-12(11)21-14/h1-7H,8H2,(H2,17,19). The Bertz CT molecular complexity index is 781. The number of aromatic nitrogens is 1. The summed E-state index contributed by atoms with van der Waals surface area (Å²) in [6, 6.07) is 12.0. The number of nitrogens with zero attached hydrogens (tertiary/aromatic N) is 1. The van der Waals surface area contributed by atoms with Crippen molar-refractivity contribution in [3.8, 4) is 5.75 Å². The lowest BCUT2D eigenvalue weighted by Gasteiger charge is -2.08. The minimum absolute atomic E-state index is 0.0787. The van der Waals surface area contributed by atoms with E-state index in [4.69, 9.17) is 26.5 Å². The Hall–Kier alpha value is -2.53. The van der Waals surface area contributed by atoms with E-state index in [9.17, 15) is 4.79 Å². The van der Waals surface area contributed by atoms with Crippen molar-refractivity contribution in [3.63, 3.8) is 0 Å². The number of amides is 1. The van der Waals surface area contributed by atoms with Crippen molar-refractivity contribution in [1.29, 1.82) is 0 Å². The zero-order chi connectivity index (χ0) is 14.8. The highest BCUT2D eigenvalue weighted by Crippen LogP contribution is 2.24. The largest absolute Gasteiger partial charge is 0.483 e. The number of benzene rings is 2. The van der Waals surface area contributed by atoms with Gasteiger partial charge in [-0.05, 0) is 30.3 Å². The van der Waals surface area contributed by atoms with Gasteiger partial charge in [0, 0.05) is 5.02 Å². The Labute approximate surface area is 125 Å². The monoisotopic (exact) mass is 302 g/mol. The number of fused-ring (bicyclic) bond motifs is 1. The van der Waals surface area contributed by atoms with E-state index >= 15 is 0 Å². The number of oxazole rings is 1. The van der Waals surface area contributed by atoms with Gasteiger partial charge < -0.3 is 14.9 Å². The van der Waals surface area contributed by atoms with E-state index in [0.717, 1.165) is 5.52 Å². The molecule has 0 fully saturated rings. The molecule has 1 heterocycles. The summed E-state index contributed by atoms with van der Waals surface area (Å²) in [5, 5.41) is 0.451. The van der Waals surface area contributed by atoms with E-state index in [0.29, 0.717) is 22.2 Å². The zero-order valence-electron chi connectivity index (χ0n) is 10.9. The molecule has 0 atom stereocenters. The molecular weight excluding hydrogens is 292 g/mol. The predicted molar refractivity (Wildman–Crippen MR) is 78.3 cm³/mol. The van der Waals surface area contributed by atoms with Crippen LogP contribution in [-0.4, -0.2) is 10.9 Å². The first-order valence-corrected chi connectivity index (χ1v) is 6.58. The third-order valence-corrected chi connectivity index (χ3v) is 3.13. The fraction of sp³-hybridized carbons (Fsp3) is 0.0667. The number of hydrogen-bond acceptors (Lipinski definition) is 4. The van der Waals surface area contributed by atoms with E-state index in [1.807, 2.05) is 24.3 Å². The van der Waals surface area contributed by atoms with E-state index in [-0.39, 0.29) is 12.2 Å². The van der Waals surface area contributed by atoms with Crippen molar-refractivity contribution in [3.05, 3.63) is 58.9 Å². The van der Waals surface area contributed by atoms with Crippen LogP contribution < -0.4 is 10.5 Å². The van der Waals surface area contributed by atoms with Crippen molar-refractivity contribution in [2.45, 2.75) is 6.61 Å². The molecule has 0 aliphatic rings. The summed E-state index contributed by atoms with van der Waals surface area (Å²) in [6.07, 6.45) is 0. The number of halogens is 1. The van der Waals surface area contributed by atoms with Crippen LogP contribution in [0.3, 0.4) is 0 Å². The van der Waals surface area contributed by atoms with E-state index in [2.05, 4.69) is 4.98 Å². The maximum absolute atomic E-state index is 11.3. The first-order valence-electron chi connectivity index (χ1n) is 6.20. The number of rotatable bonds is 4. The highest BCUT2D eigenvalue weighted by molar-refractivity contribution is 6.30. The summed E-state index contributed by atoms with van der Waals surface area (Å²) in [6.45, 7) is 0.0787. The van der Waals surface area contributed by atoms with Gasteiger partial charge >= 0.3 is 0 Å². The van der Waals surface area contributed by atoms with Crippen LogP contribution in [-0.2, 0) is 6.61 Å². The van der Waals surface area contributed by atoms with E-state index < -0.39 is 5.91 Å². The minimum Gasteiger partial charge on any atom is -0.483 e. The number of primary amides is 1. The Morgan fingerprint density at radius 3 is 2.86 bits per heavy atom. The van der Waals surface area contributed by atoms with Crippen LogP contribution in [0.15, 0.2) is 46.9 Å². The fourth-order valence-corrected chi connectivity index (χ4v) is 2.10. The molecule has 5 nitrogen and oxygen atoms in total. The molecule has 6 heteroatoms. The lowest BCUT2D eigenvalue weighted by molar-refractivity contribution is 0.0995. The Balaban J connectivity index is 1.84. The molecule has 0 saturated carbocycles. The second-order valence-electron chi connectivity index (χ2n) is 4.37. The summed E-state index contributed by atoms with van der Waals surface area (Å²) >= 11 is 5.90. The molecule has 0 spiro atoms. The van der Waals surface area contributed by atoms with Gasteiger partial charge in [-0.15, -0.1) is 0 Å². The fourth-order valence-electron chi connectivity index (χ4n) is 1.94. The molecule has 0 unspecified atom stereocenters. The van der Waals surface area contributed by atoms with Crippen molar-refractivity contribution in [2.75, 3.05) is 0 Å². The molecule has 3 rings (SSSR count). The highest BCUT2D eigenvalue weighted by Gasteiger charge is 2.12. The third kappa shape index (κ3) is 2.83. The van der Waals surface area contributed by atoms with Crippen LogP contribution in [0.1, 0.15) is 16.2 Å². The first-order chi connectivity index (χ1) is 10.1. The SMILES string of the molecule is NC(=O)c1ccc(Cl)cc1OCc1nc2ccccc2o1. The van der Waals surface area contributed by atoms with E-state index in [1.165, 1.54) is 12.1 Å². The van der Waals surface area contributed by atoms with Crippen molar-refractivity contribution >= 4 is 28.6 Å². The number of hydrogen-bond donors (Lipinski definition) is 1. The lowest BCUT2D eigenvalue weighted by Crippen LogP contribution is -2.13. The molecule has 0 bridgehead atoms. The average Bonchev–Trinajstić information content (AvgIpc) is 2.87. The molecule has 3 aromatic rings. The van der Waals surface area contributed by atoms with Crippen LogP contribution >= 0.6 is 11.6 Å².